The molecule has 0 amide bonds. The first-order chi connectivity index (χ1) is 9.81. The van der Waals surface area contributed by atoms with Gasteiger partial charge in [0.1, 0.15) is 0 Å². The van der Waals surface area contributed by atoms with Gasteiger partial charge in [0.05, 0.1) is 0 Å². The van der Waals surface area contributed by atoms with Gasteiger partial charge in [0.15, 0.2) is 5.11 Å². The quantitative estimate of drug-likeness (QED) is 0.642. The molecule has 0 heterocycles. The van der Waals surface area contributed by atoms with Crippen LogP contribution >= 0.6 is 12.2 Å². The topological polar surface area (TPSA) is 24.1 Å². The van der Waals surface area contributed by atoms with Crippen LogP contribution in [0.25, 0.3) is 0 Å². The number of rotatable bonds is 5. The summed E-state index contributed by atoms with van der Waals surface area (Å²) in [5.74, 6) is 1.85. The number of benzene rings is 1. The maximum Gasteiger partial charge on any atom is 0.166 e. The molecule has 0 unspecified atom stereocenters. The van der Waals surface area contributed by atoms with Crippen molar-refractivity contribution in [3.63, 3.8) is 0 Å². The average molecular weight is 288 g/mol. The van der Waals surface area contributed by atoms with E-state index in [0.717, 1.165) is 36.3 Å². The van der Waals surface area contributed by atoms with Gasteiger partial charge >= 0.3 is 0 Å². The van der Waals surface area contributed by atoms with Gasteiger partial charge in [-0.3, -0.25) is 0 Å². The van der Waals surface area contributed by atoms with Gasteiger partial charge in [0.25, 0.3) is 0 Å². The second-order valence-corrected chi connectivity index (χ2v) is 6.68. The van der Waals surface area contributed by atoms with E-state index in [2.05, 4.69) is 41.0 Å². The van der Waals surface area contributed by atoms with E-state index in [-0.39, 0.29) is 0 Å². The summed E-state index contributed by atoms with van der Waals surface area (Å²) in [6.45, 7) is 0.960. The van der Waals surface area contributed by atoms with Crippen LogP contribution in [0.15, 0.2) is 30.3 Å². The van der Waals surface area contributed by atoms with E-state index in [0.29, 0.717) is 6.04 Å². The van der Waals surface area contributed by atoms with Crippen molar-refractivity contribution in [2.75, 3.05) is 6.54 Å². The van der Waals surface area contributed by atoms with Crippen LogP contribution in [0.1, 0.15) is 37.7 Å². The van der Waals surface area contributed by atoms with Crippen molar-refractivity contribution in [1.29, 1.82) is 0 Å². The Hall–Kier alpha value is -1.09. The first kappa shape index (κ1) is 13.9. The van der Waals surface area contributed by atoms with Crippen LogP contribution in [0.2, 0.25) is 0 Å². The van der Waals surface area contributed by atoms with Gasteiger partial charge in [0.2, 0.25) is 0 Å². The van der Waals surface area contributed by atoms with Gasteiger partial charge in [-0.25, -0.2) is 0 Å². The molecule has 0 aromatic heterocycles. The highest BCUT2D eigenvalue weighted by Gasteiger charge is 2.39. The third-order valence-electron chi connectivity index (χ3n) is 4.83. The van der Waals surface area contributed by atoms with Gasteiger partial charge in [-0.2, -0.15) is 0 Å². The summed E-state index contributed by atoms with van der Waals surface area (Å²) in [6, 6.07) is 11.3. The molecule has 0 spiro atoms. The van der Waals surface area contributed by atoms with Crippen molar-refractivity contribution in [2.45, 2.75) is 44.6 Å². The lowest BCUT2D eigenvalue weighted by molar-refractivity contribution is 0.389. The molecule has 1 aromatic rings. The molecule has 108 valence electrons. The number of hydrogen-bond acceptors (Lipinski definition) is 1. The minimum atomic E-state index is 0.642. The fourth-order valence-electron chi connectivity index (χ4n) is 3.78. The molecule has 2 aliphatic rings. The lowest BCUT2D eigenvalue weighted by Gasteiger charge is -2.24. The number of nitrogens with one attached hydrogen (secondary N) is 2. The second-order valence-electron chi connectivity index (χ2n) is 6.27. The molecule has 2 saturated carbocycles. The monoisotopic (exact) mass is 288 g/mol. The fourth-order valence-corrected chi connectivity index (χ4v) is 4.03. The van der Waals surface area contributed by atoms with E-state index < -0.39 is 0 Å². The Morgan fingerprint density at radius 2 is 2.00 bits per heavy atom. The van der Waals surface area contributed by atoms with Crippen molar-refractivity contribution < 1.29 is 0 Å². The summed E-state index contributed by atoms with van der Waals surface area (Å²) in [4.78, 5) is 0. The lowest BCUT2D eigenvalue weighted by atomic mass is 9.96. The standard InChI is InChI=1S/C17H24N2S/c20-17(19-16-12-14-8-9-15(16)11-14)18-10-4-7-13-5-2-1-3-6-13/h1-3,5-6,14-16H,4,7-12H2,(H2,18,19,20)/t14-,15-,16-/m1/s1. The first-order valence-electron chi connectivity index (χ1n) is 7.89. The molecule has 1 aromatic carbocycles. The molecule has 20 heavy (non-hydrogen) atoms. The van der Waals surface area contributed by atoms with E-state index in [1.807, 2.05) is 0 Å². The summed E-state index contributed by atoms with van der Waals surface area (Å²) in [5.41, 5.74) is 1.40. The van der Waals surface area contributed by atoms with Crippen LogP contribution in [0.4, 0.5) is 0 Å². The van der Waals surface area contributed by atoms with Crippen molar-refractivity contribution in [2.24, 2.45) is 11.8 Å². The minimum absolute atomic E-state index is 0.642. The van der Waals surface area contributed by atoms with E-state index >= 15 is 0 Å². The van der Waals surface area contributed by atoms with Crippen LogP contribution in [0.5, 0.6) is 0 Å². The Kier molecular flexibility index (Phi) is 4.56. The molecule has 2 aliphatic carbocycles. The van der Waals surface area contributed by atoms with E-state index in [4.69, 9.17) is 12.2 Å². The summed E-state index contributed by atoms with van der Waals surface area (Å²) >= 11 is 5.41. The molecule has 0 aliphatic heterocycles. The Morgan fingerprint density at radius 1 is 1.15 bits per heavy atom. The van der Waals surface area contributed by atoms with Crippen LogP contribution < -0.4 is 10.6 Å². The molecule has 2 fully saturated rings. The predicted molar refractivity (Wildman–Crippen MR) is 87.7 cm³/mol. The smallest absolute Gasteiger partial charge is 0.166 e. The number of hydrogen-bond donors (Lipinski definition) is 2. The third kappa shape index (κ3) is 3.51. The largest absolute Gasteiger partial charge is 0.363 e. The Bertz CT molecular complexity index is 446. The van der Waals surface area contributed by atoms with E-state index in [1.54, 1.807) is 0 Å². The zero-order valence-corrected chi connectivity index (χ0v) is 12.8. The van der Waals surface area contributed by atoms with Crippen LogP contribution in [0, 0.1) is 11.8 Å². The van der Waals surface area contributed by atoms with Crippen molar-refractivity contribution in [3.8, 4) is 0 Å². The van der Waals surface area contributed by atoms with Gasteiger partial charge in [0, 0.05) is 12.6 Å². The molecular formula is C17H24N2S. The number of fused-ring (bicyclic) bond motifs is 2. The Balaban J connectivity index is 1.32. The number of thiocarbonyl (C=S) groups is 1. The maximum absolute atomic E-state index is 5.41. The van der Waals surface area contributed by atoms with E-state index in [9.17, 15) is 0 Å². The molecule has 2 N–H and O–H groups in total. The number of aryl methyl sites for hydroxylation is 1. The highest BCUT2D eigenvalue weighted by atomic mass is 32.1. The van der Waals surface area contributed by atoms with Gasteiger partial charge in [-0.05, 0) is 61.7 Å². The minimum Gasteiger partial charge on any atom is -0.363 e. The lowest BCUT2D eigenvalue weighted by Crippen LogP contribution is -2.44. The molecule has 0 saturated heterocycles. The van der Waals surface area contributed by atoms with E-state index in [1.165, 1.54) is 31.2 Å². The van der Waals surface area contributed by atoms with Crippen molar-refractivity contribution in [3.05, 3.63) is 35.9 Å². The molecule has 0 radical (unpaired) electrons. The molecular weight excluding hydrogens is 264 g/mol. The Morgan fingerprint density at radius 3 is 2.70 bits per heavy atom. The highest BCUT2D eigenvalue weighted by molar-refractivity contribution is 7.80. The SMILES string of the molecule is S=C(NCCCc1ccccc1)N[C@@H]1C[C@@H]2CC[C@@H]1C2. The maximum atomic E-state index is 5.41. The molecule has 3 rings (SSSR count). The first-order valence-corrected chi connectivity index (χ1v) is 8.30. The summed E-state index contributed by atoms with van der Waals surface area (Å²) in [7, 11) is 0. The third-order valence-corrected chi connectivity index (χ3v) is 5.09. The molecule has 2 nitrogen and oxygen atoms in total. The van der Waals surface area contributed by atoms with Gasteiger partial charge in [-0.15, -0.1) is 0 Å². The highest BCUT2D eigenvalue weighted by Crippen LogP contribution is 2.44. The van der Waals surface area contributed by atoms with Gasteiger partial charge in [-0.1, -0.05) is 36.8 Å². The second kappa shape index (κ2) is 6.57. The zero-order chi connectivity index (χ0) is 13.8. The zero-order valence-electron chi connectivity index (χ0n) is 12.0. The van der Waals surface area contributed by atoms with Crippen LogP contribution in [0.3, 0.4) is 0 Å². The van der Waals surface area contributed by atoms with Crippen molar-refractivity contribution >= 4 is 17.3 Å². The predicted octanol–water partition coefficient (Wildman–Crippen LogP) is 3.27. The molecule has 2 bridgehead atoms. The summed E-state index contributed by atoms with van der Waals surface area (Å²) in [5, 5.41) is 7.75. The van der Waals surface area contributed by atoms with Crippen LogP contribution in [-0.2, 0) is 6.42 Å². The fraction of sp³-hybridized carbons (Fsp3) is 0.588. The molecule has 3 atom stereocenters. The van der Waals surface area contributed by atoms with Crippen LogP contribution in [-0.4, -0.2) is 17.7 Å². The molecule has 3 heteroatoms. The Labute approximate surface area is 127 Å². The summed E-state index contributed by atoms with van der Waals surface area (Å²) in [6.07, 6.45) is 7.84. The normalized spacial score (nSPS) is 27.5. The summed E-state index contributed by atoms with van der Waals surface area (Å²) < 4.78 is 0. The van der Waals surface area contributed by atoms with Gasteiger partial charge < -0.3 is 10.6 Å². The van der Waals surface area contributed by atoms with Crippen molar-refractivity contribution in [1.82, 2.24) is 10.6 Å². The average Bonchev–Trinajstić information content (AvgIpc) is 3.07.